The summed E-state index contributed by atoms with van der Waals surface area (Å²) in [5, 5.41) is 2.61. The molecule has 1 aromatic heterocycles. The van der Waals surface area contributed by atoms with Crippen LogP contribution < -0.4 is 10.1 Å². The first kappa shape index (κ1) is 14.0. The van der Waals surface area contributed by atoms with Crippen LogP contribution in [0.2, 0.25) is 0 Å². The first-order valence-electron chi connectivity index (χ1n) is 6.39. The van der Waals surface area contributed by atoms with E-state index in [1.807, 2.05) is 0 Å². The van der Waals surface area contributed by atoms with Crippen molar-refractivity contribution in [3.8, 4) is 5.88 Å². The number of anilines is 1. The molecule has 1 fully saturated rings. The minimum atomic E-state index is -4.39. The van der Waals surface area contributed by atoms with Gasteiger partial charge in [-0.15, -0.1) is 0 Å². The van der Waals surface area contributed by atoms with Crippen LogP contribution >= 0.6 is 0 Å². The number of hydrogen-bond acceptors (Lipinski definition) is 3. The molecular formula is C13H17F3N2O. The number of nitrogens with one attached hydrogen (secondary N) is 1. The monoisotopic (exact) mass is 274 g/mol. The molecule has 0 aliphatic heterocycles. The molecule has 0 saturated heterocycles. The number of ether oxygens (including phenoxy) is 1. The van der Waals surface area contributed by atoms with Crippen molar-refractivity contribution >= 4 is 5.82 Å². The number of hydrogen-bond donors (Lipinski definition) is 1. The second kappa shape index (κ2) is 5.67. The van der Waals surface area contributed by atoms with E-state index in [0.717, 1.165) is 18.6 Å². The van der Waals surface area contributed by atoms with Crippen molar-refractivity contribution in [1.82, 2.24) is 4.98 Å². The fourth-order valence-electron chi connectivity index (χ4n) is 1.98. The molecule has 2 rings (SSSR count). The van der Waals surface area contributed by atoms with Crippen molar-refractivity contribution in [2.24, 2.45) is 5.92 Å². The fourth-order valence-corrected chi connectivity index (χ4v) is 1.98. The van der Waals surface area contributed by atoms with Crippen LogP contribution in [0.25, 0.3) is 0 Å². The quantitative estimate of drug-likeness (QED) is 0.888. The second-order valence-corrected chi connectivity index (χ2v) is 4.76. The summed E-state index contributed by atoms with van der Waals surface area (Å²) in [6.45, 7) is 0.419. The summed E-state index contributed by atoms with van der Waals surface area (Å²) < 4.78 is 43.4. The molecule has 0 amide bonds. The van der Waals surface area contributed by atoms with Gasteiger partial charge in [0.15, 0.2) is 0 Å². The largest absolute Gasteiger partial charge is 0.478 e. The van der Waals surface area contributed by atoms with E-state index in [2.05, 4.69) is 10.3 Å². The molecule has 0 aromatic carbocycles. The Bertz CT molecular complexity index is 430. The van der Waals surface area contributed by atoms with E-state index in [0.29, 0.717) is 12.5 Å². The molecule has 1 aliphatic carbocycles. The lowest BCUT2D eigenvalue weighted by Crippen LogP contribution is -2.15. The summed E-state index contributed by atoms with van der Waals surface area (Å²) in [5.41, 5.74) is -0.745. The third-order valence-electron chi connectivity index (χ3n) is 3.39. The van der Waals surface area contributed by atoms with E-state index >= 15 is 0 Å². The Morgan fingerprint density at radius 1 is 1.37 bits per heavy atom. The summed E-state index contributed by atoms with van der Waals surface area (Å²) in [6, 6.07) is 1.92. The SMILES string of the molecule is CNc1cc(C(F)(F)F)cc(OCCC2CCC2)n1. The maximum Gasteiger partial charge on any atom is 0.416 e. The Kier molecular flexibility index (Phi) is 4.17. The Morgan fingerprint density at radius 3 is 2.63 bits per heavy atom. The summed E-state index contributed by atoms with van der Waals surface area (Å²) in [5.74, 6) is 0.849. The molecule has 0 radical (unpaired) electrons. The molecule has 1 aliphatic rings. The van der Waals surface area contributed by atoms with Gasteiger partial charge < -0.3 is 10.1 Å². The second-order valence-electron chi connectivity index (χ2n) is 4.76. The minimum absolute atomic E-state index is 0.0264. The van der Waals surface area contributed by atoms with Gasteiger partial charge in [0.2, 0.25) is 5.88 Å². The highest BCUT2D eigenvalue weighted by Gasteiger charge is 2.32. The first-order chi connectivity index (χ1) is 8.99. The molecule has 0 spiro atoms. The Balaban J connectivity index is 2.01. The number of aromatic nitrogens is 1. The third-order valence-corrected chi connectivity index (χ3v) is 3.39. The standard InChI is InChI=1S/C13H17F3N2O/c1-17-11-7-10(13(14,15)16)8-12(18-11)19-6-5-9-3-2-4-9/h7-9H,2-6H2,1H3,(H,17,18). The average Bonchev–Trinajstić information content (AvgIpc) is 2.31. The zero-order valence-electron chi connectivity index (χ0n) is 10.8. The number of rotatable bonds is 5. The highest BCUT2D eigenvalue weighted by Crippen LogP contribution is 2.33. The van der Waals surface area contributed by atoms with Crippen LogP contribution in [-0.2, 0) is 6.18 Å². The van der Waals surface area contributed by atoms with Crippen LogP contribution in [0.3, 0.4) is 0 Å². The van der Waals surface area contributed by atoms with Crippen molar-refractivity contribution in [3.05, 3.63) is 17.7 Å². The number of pyridine rings is 1. The molecule has 0 unspecified atom stereocenters. The van der Waals surface area contributed by atoms with Gasteiger partial charge in [-0.2, -0.15) is 18.2 Å². The molecule has 1 aromatic rings. The van der Waals surface area contributed by atoms with Crippen LogP contribution in [0.5, 0.6) is 5.88 Å². The Hall–Kier alpha value is -1.46. The minimum Gasteiger partial charge on any atom is -0.478 e. The lowest BCUT2D eigenvalue weighted by atomic mass is 9.83. The average molecular weight is 274 g/mol. The van der Waals surface area contributed by atoms with E-state index in [1.54, 1.807) is 0 Å². The van der Waals surface area contributed by atoms with Gasteiger partial charge in [-0.3, -0.25) is 0 Å². The smallest absolute Gasteiger partial charge is 0.416 e. The van der Waals surface area contributed by atoms with E-state index in [4.69, 9.17) is 4.74 Å². The van der Waals surface area contributed by atoms with Crippen molar-refractivity contribution in [2.45, 2.75) is 31.9 Å². The van der Waals surface area contributed by atoms with Gasteiger partial charge in [0.25, 0.3) is 0 Å². The molecule has 19 heavy (non-hydrogen) atoms. The maximum absolute atomic E-state index is 12.7. The zero-order chi connectivity index (χ0) is 13.9. The molecule has 6 heteroatoms. The van der Waals surface area contributed by atoms with E-state index in [-0.39, 0.29) is 11.7 Å². The molecule has 0 bridgehead atoms. The van der Waals surface area contributed by atoms with Gasteiger partial charge in [0.1, 0.15) is 5.82 Å². The Labute approximate surface area is 110 Å². The zero-order valence-corrected chi connectivity index (χ0v) is 10.8. The van der Waals surface area contributed by atoms with Crippen molar-refractivity contribution in [3.63, 3.8) is 0 Å². The lowest BCUT2D eigenvalue weighted by molar-refractivity contribution is -0.137. The fraction of sp³-hybridized carbons (Fsp3) is 0.615. The summed E-state index contributed by atoms with van der Waals surface area (Å²) in [7, 11) is 1.53. The predicted molar refractivity (Wildman–Crippen MR) is 66.2 cm³/mol. The van der Waals surface area contributed by atoms with Crippen LogP contribution in [0.1, 0.15) is 31.2 Å². The van der Waals surface area contributed by atoms with E-state index in [9.17, 15) is 13.2 Å². The van der Waals surface area contributed by atoms with Gasteiger partial charge in [0.05, 0.1) is 12.2 Å². The summed E-state index contributed by atoms with van der Waals surface area (Å²) >= 11 is 0. The van der Waals surface area contributed by atoms with Gasteiger partial charge in [0, 0.05) is 13.1 Å². The van der Waals surface area contributed by atoms with E-state index in [1.165, 1.54) is 26.3 Å². The predicted octanol–water partition coefficient (Wildman–Crippen LogP) is 3.71. The van der Waals surface area contributed by atoms with Crippen LogP contribution in [0.15, 0.2) is 12.1 Å². The van der Waals surface area contributed by atoms with Crippen LogP contribution in [0.4, 0.5) is 19.0 Å². The molecule has 0 atom stereocenters. The van der Waals surface area contributed by atoms with Crippen LogP contribution in [-0.4, -0.2) is 18.6 Å². The third kappa shape index (κ3) is 3.75. The topological polar surface area (TPSA) is 34.1 Å². The number of nitrogens with zero attached hydrogens (tertiary/aromatic N) is 1. The molecule has 3 nitrogen and oxygen atoms in total. The highest BCUT2D eigenvalue weighted by atomic mass is 19.4. The normalized spacial score (nSPS) is 16.0. The molecular weight excluding hydrogens is 257 g/mol. The number of halogens is 3. The lowest BCUT2D eigenvalue weighted by Gasteiger charge is -2.24. The summed E-state index contributed by atoms with van der Waals surface area (Å²) in [4.78, 5) is 3.97. The molecule has 106 valence electrons. The first-order valence-corrected chi connectivity index (χ1v) is 6.39. The van der Waals surface area contributed by atoms with Gasteiger partial charge in [-0.05, 0) is 18.4 Å². The Morgan fingerprint density at radius 2 is 2.11 bits per heavy atom. The van der Waals surface area contributed by atoms with Gasteiger partial charge in [-0.25, -0.2) is 0 Å². The maximum atomic E-state index is 12.7. The number of alkyl halides is 3. The van der Waals surface area contributed by atoms with E-state index < -0.39 is 11.7 Å². The van der Waals surface area contributed by atoms with Gasteiger partial charge >= 0.3 is 6.18 Å². The van der Waals surface area contributed by atoms with Crippen molar-refractivity contribution in [1.29, 1.82) is 0 Å². The van der Waals surface area contributed by atoms with Crippen molar-refractivity contribution in [2.75, 3.05) is 19.0 Å². The van der Waals surface area contributed by atoms with Gasteiger partial charge in [-0.1, -0.05) is 19.3 Å². The molecule has 1 saturated carbocycles. The summed E-state index contributed by atoms with van der Waals surface area (Å²) in [6.07, 6.45) is 0.131. The van der Waals surface area contributed by atoms with Crippen LogP contribution in [0, 0.1) is 5.92 Å². The highest BCUT2D eigenvalue weighted by molar-refractivity contribution is 5.42. The van der Waals surface area contributed by atoms with Crippen molar-refractivity contribution < 1.29 is 17.9 Å². The molecule has 1 N–H and O–H groups in total. The molecule has 1 heterocycles.